The van der Waals surface area contributed by atoms with Crippen LogP contribution in [0.3, 0.4) is 0 Å². The first kappa shape index (κ1) is 14.5. The van der Waals surface area contributed by atoms with E-state index in [9.17, 15) is 0 Å². The summed E-state index contributed by atoms with van der Waals surface area (Å²) in [7, 11) is 0. The zero-order valence-electron chi connectivity index (χ0n) is 12.5. The van der Waals surface area contributed by atoms with E-state index in [1.807, 2.05) is 0 Å². The van der Waals surface area contributed by atoms with Crippen molar-refractivity contribution in [3.8, 4) is 0 Å². The molecule has 1 saturated heterocycles. The molecule has 1 heterocycles. The molecule has 0 amide bonds. The molecular weight excluding hydrogens is 232 g/mol. The van der Waals surface area contributed by atoms with Gasteiger partial charge in [0.2, 0.25) is 0 Å². The Morgan fingerprint density at radius 1 is 1.11 bits per heavy atom. The fourth-order valence-corrected chi connectivity index (χ4v) is 2.70. The summed E-state index contributed by atoms with van der Waals surface area (Å²) in [5.74, 6) is 0.638. The number of rotatable bonds is 5. The number of hydrogen-bond donors (Lipinski definition) is 1. The molecule has 2 heteroatoms. The largest absolute Gasteiger partial charge is 0.315 e. The lowest BCUT2D eigenvalue weighted by Gasteiger charge is -2.19. The molecule has 0 spiro atoms. The van der Waals surface area contributed by atoms with Crippen LogP contribution in [0.2, 0.25) is 0 Å². The average Bonchev–Trinajstić information content (AvgIpc) is 2.68. The highest BCUT2D eigenvalue weighted by Crippen LogP contribution is 2.15. The number of hydrogen-bond acceptors (Lipinski definition) is 2. The van der Waals surface area contributed by atoms with E-state index in [1.165, 1.54) is 56.6 Å². The van der Waals surface area contributed by atoms with Gasteiger partial charge in [-0.2, -0.15) is 0 Å². The van der Waals surface area contributed by atoms with Crippen molar-refractivity contribution in [1.82, 2.24) is 10.2 Å². The molecular formula is C17H28N2. The number of benzene rings is 1. The predicted octanol–water partition coefficient (Wildman–Crippen LogP) is 3.04. The first-order valence-corrected chi connectivity index (χ1v) is 7.77. The van der Waals surface area contributed by atoms with Gasteiger partial charge in [-0.15, -0.1) is 0 Å². The molecule has 1 aromatic carbocycles. The Labute approximate surface area is 118 Å². The molecule has 0 bridgehead atoms. The Morgan fingerprint density at radius 2 is 1.89 bits per heavy atom. The summed E-state index contributed by atoms with van der Waals surface area (Å²) >= 11 is 0. The zero-order valence-corrected chi connectivity index (χ0v) is 12.5. The molecule has 0 saturated carbocycles. The second kappa shape index (κ2) is 7.66. The highest BCUT2D eigenvalue weighted by Gasteiger charge is 2.07. The minimum absolute atomic E-state index is 0.638. The van der Waals surface area contributed by atoms with Crippen molar-refractivity contribution in [1.29, 1.82) is 0 Å². The Bertz CT molecular complexity index is 348. The fraction of sp³-hybridized carbons (Fsp3) is 0.647. The standard InChI is InChI=1S/C17H28N2/c1-15(2)17-8-6-16(7-9-17)5-3-12-19-13-4-10-18-11-14-19/h6-9,15,18H,3-5,10-14H2,1-2H3. The van der Waals surface area contributed by atoms with Gasteiger partial charge in [0.15, 0.2) is 0 Å². The first-order valence-electron chi connectivity index (χ1n) is 7.77. The molecule has 2 rings (SSSR count). The lowest BCUT2D eigenvalue weighted by molar-refractivity contribution is 0.289. The van der Waals surface area contributed by atoms with E-state index in [4.69, 9.17) is 0 Å². The van der Waals surface area contributed by atoms with Crippen LogP contribution < -0.4 is 5.32 Å². The molecule has 1 N–H and O–H groups in total. The van der Waals surface area contributed by atoms with Gasteiger partial charge < -0.3 is 10.2 Å². The summed E-state index contributed by atoms with van der Waals surface area (Å²) < 4.78 is 0. The van der Waals surface area contributed by atoms with Crippen LogP contribution in [-0.2, 0) is 6.42 Å². The Hall–Kier alpha value is -0.860. The van der Waals surface area contributed by atoms with Gasteiger partial charge in [-0.05, 0) is 55.9 Å². The third kappa shape index (κ3) is 4.96. The van der Waals surface area contributed by atoms with Gasteiger partial charge in [-0.25, -0.2) is 0 Å². The first-order chi connectivity index (χ1) is 9.25. The molecule has 1 aliphatic heterocycles. The lowest BCUT2D eigenvalue weighted by atomic mass is 10.0. The summed E-state index contributed by atoms with van der Waals surface area (Å²) in [4.78, 5) is 2.60. The highest BCUT2D eigenvalue weighted by atomic mass is 15.1. The van der Waals surface area contributed by atoms with Crippen molar-refractivity contribution in [3.63, 3.8) is 0 Å². The third-order valence-electron chi connectivity index (χ3n) is 4.02. The van der Waals surface area contributed by atoms with Gasteiger partial charge in [-0.3, -0.25) is 0 Å². The number of nitrogens with one attached hydrogen (secondary N) is 1. The second-order valence-electron chi connectivity index (χ2n) is 5.95. The molecule has 0 aromatic heterocycles. The quantitative estimate of drug-likeness (QED) is 0.875. The Balaban J connectivity index is 1.72. The molecule has 0 unspecified atom stereocenters. The average molecular weight is 260 g/mol. The summed E-state index contributed by atoms with van der Waals surface area (Å²) in [5.41, 5.74) is 2.93. The normalized spacial score (nSPS) is 17.6. The van der Waals surface area contributed by atoms with Crippen LogP contribution in [-0.4, -0.2) is 37.6 Å². The Kier molecular flexibility index (Phi) is 5.87. The van der Waals surface area contributed by atoms with Crippen LogP contribution in [0, 0.1) is 0 Å². The summed E-state index contributed by atoms with van der Waals surface area (Å²) in [6, 6.07) is 9.18. The maximum absolute atomic E-state index is 3.46. The molecule has 0 atom stereocenters. The van der Waals surface area contributed by atoms with Crippen molar-refractivity contribution < 1.29 is 0 Å². The van der Waals surface area contributed by atoms with E-state index in [-0.39, 0.29) is 0 Å². The second-order valence-corrected chi connectivity index (χ2v) is 5.95. The number of aryl methyl sites for hydroxylation is 1. The maximum atomic E-state index is 3.46. The zero-order chi connectivity index (χ0) is 13.5. The van der Waals surface area contributed by atoms with Gasteiger partial charge in [0.1, 0.15) is 0 Å². The molecule has 0 radical (unpaired) electrons. The van der Waals surface area contributed by atoms with E-state index in [0.29, 0.717) is 5.92 Å². The van der Waals surface area contributed by atoms with Crippen molar-refractivity contribution in [2.45, 2.75) is 39.0 Å². The molecule has 1 aromatic rings. The van der Waals surface area contributed by atoms with E-state index in [0.717, 1.165) is 6.54 Å². The van der Waals surface area contributed by atoms with Crippen LogP contribution in [0.1, 0.15) is 43.7 Å². The van der Waals surface area contributed by atoms with E-state index in [1.54, 1.807) is 0 Å². The van der Waals surface area contributed by atoms with Crippen LogP contribution in [0.25, 0.3) is 0 Å². The lowest BCUT2D eigenvalue weighted by Crippen LogP contribution is -2.29. The van der Waals surface area contributed by atoms with Crippen molar-refractivity contribution in [2.75, 3.05) is 32.7 Å². The Morgan fingerprint density at radius 3 is 2.63 bits per heavy atom. The third-order valence-corrected chi connectivity index (χ3v) is 4.02. The summed E-state index contributed by atoms with van der Waals surface area (Å²) in [5, 5.41) is 3.46. The molecule has 1 fully saturated rings. The number of nitrogens with zero attached hydrogens (tertiary/aromatic N) is 1. The SMILES string of the molecule is CC(C)c1ccc(CCCN2CCCNCC2)cc1. The summed E-state index contributed by atoms with van der Waals surface area (Å²) in [6.45, 7) is 10.6. The minimum atomic E-state index is 0.638. The van der Waals surface area contributed by atoms with Gasteiger partial charge in [0, 0.05) is 13.1 Å². The molecule has 1 aliphatic rings. The van der Waals surface area contributed by atoms with E-state index < -0.39 is 0 Å². The maximum Gasteiger partial charge on any atom is 0.0107 e. The van der Waals surface area contributed by atoms with Gasteiger partial charge in [0.05, 0.1) is 0 Å². The highest BCUT2D eigenvalue weighted by molar-refractivity contribution is 5.24. The molecule has 0 aliphatic carbocycles. The van der Waals surface area contributed by atoms with Crippen LogP contribution in [0.15, 0.2) is 24.3 Å². The van der Waals surface area contributed by atoms with Gasteiger partial charge in [-0.1, -0.05) is 38.1 Å². The van der Waals surface area contributed by atoms with Gasteiger partial charge >= 0.3 is 0 Å². The fourth-order valence-electron chi connectivity index (χ4n) is 2.70. The predicted molar refractivity (Wildman–Crippen MR) is 82.8 cm³/mol. The van der Waals surface area contributed by atoms with Crippen molar-refractivity contribution >= 4 is 0 Å². The van der Waals surface area contributed by atoms with Crippen molar-refractivity contribution in [2.24, 2.45) is 0 Å². The van der Waals surface area contributed by atoms with Crippen LogP contribution in [0.4, 0.5) is 0 Å². The smallest absolute Gasteiger partial charge is 0.0107 e. The summed E-state index contributed by atoms with van der Waals surface area (Å²) in [6.07, 6.45) is 3.78. The van der Waals surface area contributed by atoms with Crippen LogP contribution in [0.5, 0.6) is 0 Å². The van der Waals surface area contributed by atoms with E-state index >= 15 is 0 Å². The molecule has 2 nitrogen and oxygen atoms in total. The van der Waals surface area contributed by atoms with Gasteiger partial charge in [0.25, 0.3) is 0 Å². The molecule has 19 heavy (non-hydrogen) atoms. The minimum Gasteiger partial charge on any atom is -0.315 e. The monoisotopic (exact) mass is 260 g/mol. The van der Waals surface area contributed by atoms with Crippen molar-refractivity contribution in [3.05, 3.63) is 35.4 Å². The van der Waals surface area contributed by atoms with E-state index in [2.05, 4.69) is 48.3 Å². The van der Waals surface area contributed by atoms with Crippen LogP contribution >= 0.6 is 0 Å². The molecule has 106 valence electrons. The topological polar surface area (TPSA) is 15.3 Å².